The first-order valence-electron chi connectivity index (χ1n) is 8.05. The quantitative estimate of drug-likeness (QED) is 0.595. The van der Waals surface area contributed by atoms with Crippen molar-refractivity contribution in [2.24, 2.45) is 10.2 Å². The predicted molar refractivity (Wildman–Crippen MR) is 102 cm³/mol. The Labute approximate surface area is 155 Å². The standard InChI is InChI=1S/C19H18FN3O2S/c1-13-18(24)23(12-14-7-9-16(20)10-8-14)19(26-13)22-21-11-15-5-3-4-6-17(15)25-2/h3-11,13H,12H2,1-2H3/b21-11+,22-19+. The number of amides is 1. The number of nitrogens with zero attached hydrogens (tertiary/aromatic N) is 3. The minimum Gasteiger partial charge on any atom is -0.496 e. The van der Waals surface area contributed by atoms with E-state index >= 15 is 0 Å². The van der Waals surface area contributed by atoms with Crippen LogP contribution in [0.15, 0.2) is 58.7 Å². The van der Waals surface area contributed by atoms with Crippen molar-refractivity contribution >= 4 is 29.1 Å². The number of methoxy groups -OCH3 is 1. The van der Waals surface area contributed by atoms with Crippen molar-refractivity contribution in [1.29, 1.82) is 0 Å². The van der Waals surface area contributed by atoms with Crippen LogP contribution in [0, 0.1) is 5.82 Å². The van der Waals surface area contributed by atoms with Crippen LogP contribution >= 0.6 is 11.8 Å². The molecule has 0 N–H and O–H groups in total. The average molecular weight is 371 g/mol. The van der Waals surface area contributed by atoms with E-state index in [-0.39, 0.29) is 17.0 Å². The Morgan fingerprint density at radius 3 is 2.69 bits per heavy atom. The van der Waals surface area contributed by atoms with Crippen LogP contribution in [0.4, 0.5) is 4.39 Å². The summed E-state index contributed by atoms with van der Waals surface area (Å²) in [4.78, 5) is 14.0. The molecule has 1 aliphatic rings. The highest BCUT2D eigenvalue weighted by Gasteiger charge is 2.35. The summed E-state index contributed by atoms with van der Waals surface area (Å²) in [6.07, 6.45) is 1.59. The lowest BCUT2D eigenvalue weighted by atomic mass is 10.2. The molecule has 2 aromatic rings. The normalized spacial score (nSPS) is 18.9. The van der Waals surface area contributed by atoms with Gasteiger partial charge in [0.2, 0.25) is 5.91 Å². The minimum absolute atomic E-state index is 0.0365. The SMILES string of the molecule is COc1ccccc1/C=N/N=C1/SC(C)C(=O)N1Cc1ccc(F)cc1. The summed E-state index contributed by atoms with van der Waals surface area (Å²) in [5.41, 5.74) is 1.63. The summed E-state index contributed by atoms with van der Waals surface area (Å²) in [5.74, 6) is 0.355. The summed E-state index contributed by atoms with van der Waals surface area (Å²) in [6, 6.07) is 13.5. The number of thioether (sulfide) groups is 1. The molecule has 26 heavy (non-hydrogen) atoms. The van der Waals surface area contributed by atoms with Crippen molar-refractivity contribution in [3.05, 3.63) is 65.5 Å². The van der Waals surface area contributed by atoms with Gasteiger partial charge in [0.15, 0.2) is 5.17 Å². The number of amidine groups is 1. The van der Waals surface area contributed by atoms with Crippen molar-refractivity contribution in [1.82, 2.24) is 4.90 Å². The molecule has 0 bridgehead atoms. The number of hydrogen-bond donors (Lipinski definition) is 0. The molecule has 0 saturated carbocycles. The molecule has 1 amide bonds. The first-order valence-corrected chi connectivity index (χ1v) is 8.93. The number of benzene rings is 2. The maximum atomic E-state index is 13.1. The number of halogens is 1. The van der Waals surface area contributed by atoms with E-state index in [1.165, 1.54) is 23.9 Å². The third-order valence-corrected chi connectivity index (χ3v) is 4.93. The number of rotatable bonds is 5. The van der Waals surface area contributed by atoms with Gasteiger partial charge in [0.25, 0.3) is 0 Å². The molecule has 1 fully saturated rings. The molecule has 0 spiro atoms. The lowest BCUT2D eigenvalue weighted by molar-refractivity contribution is -0.126. The molecular formula is C19H18FN3O2S. The second kappa shape index (κ2) is 8.14. The maximum absolute atomic E-state index is 13.1. The van der Waals surface area contributed by atoms with Gasteiger partial charge in [-0.05, 0) is 36.8 Å². The molecule has 0 radical (unpaired) electrons. The highest BCUT2D eigenvalue weighted by Crippen LogP contribution is 2.28. The van der Waals surface area contributed by atoms with Gasteiger partial charge < -0.3 is 4.74 Å². The van der Waals surface area contributed by atoms with E-state index in [0.29, 0.717) is 17.5 Å². The number of ether oxygens (including phenoxy) is 1. The zero-order valence-corrected chi connectivity index (χ0v) is 15.2. The lowest BCUT2D eigenvalue weighted by Gasteiger charge is -2.15. The highest BCUT2D eigenvalue weighted by molar-refractivity contribution is 8.15. The largest absolute Gasteiger partial charge is 0.496 e. The molecule has 5 nitrogen and oxygen atoms in total. The van der Waals surface area contributed by atoms with Crippen LogP contribution in [-0.2, 0) is 11.3 Å². The Morgan fingerprint density at radius 2 is 1.96 bits per heavy atom. The van der Waals surface area contributed by atoms with Crippen LogP contribution in [0.2, 0.25) is 0 Å². The van der Waals surface area contributed by atoms with E-state index in [2.05, 4.69) is 10.2 Å². The third kappa shape index (κ3) is 4.11. The van der Waals surface area contributed by atoms with Gasteiger partial charge in [-0.1, -0.05) is 36.0 Å². The van der Waals surface area contributed by atoms with Gasteiger partial charge >= 0.3 is 0 Å². The maximum Gasteiger partial charge on any atom is 0.242 e. The fraction of sp³-hybridized carbons (Fsp3) is 0.211. The fourth-order valence-electron chi connectivity index (χ4n) is 2.49. The summed E-state index contributed by atoms with van der Waals surface area (Å²) in [5, 5.41) is 8.63. The highest BCUT2D eigenvalue weighted by atomic mass is 32.2. The van der Waals surface area contributed by atoms with Crippen molar-refractivity contribution in [3.63, 3.8) is 0 Å². The molecule has 3 rings (SSSR count). The van der Waals surface area contributed by atoms with E-state index < -0.39 is 0 Å². The van der Waals surface area contributed by atoms with Gasteiger partial charge in [-0.25, -0.2) is 4.39 Å². The lowest BCUT2D eigenvalue weighted by Crippen LogP contribution is -2.30. The number of carbonyl (C=O) groups is 1. The van der Waals surface area contributed by atoms with E-state index in [9.17, 15) is 9.18 Å². The predicted octanol–water partition coefficient (Wildman–Crippen LogP) is 3.69. The molecule has 134 valence electrons. The van der Waals surface area contributed by atoms with E-state index in [4.69, 9.17) is 4.74 Å². The molecule has 1 aliphatic heterocycles. The second-order valence-corrected chi connectivity index (χ2v) is 6.99. The first kappa shape index (κ1) is 18.1. The molecule has 0 aliphatic carbocycles. The van der Waals surface area contributed by atoms with Gasteiger partial charge in [0.05, 0.1) is 25.1 Å². The van der Waals surface area contributed by atoms with E-state index in [1.54, 1.807) is 30.4 Å². The number of para-hydroxylation sites is 1. The van der Waals surface area contributed by atoms with Gasteiger partial charge in [-0.15, -0.1) is 5.10 Å². The van der Waals surface area contributed by atoms with E-state index in [0.717, 1.165) is 11.1 Å². The van der Waals surface area contributed by atoms with Crippen LogP contribution in [0.5, 0.6) is 5.75 Å². The van der Waals surface area contributed by atoms with Crippen LogP contribution in [0.25, 0.3) is 0 Å². The second-order valence-electron chi connectivity index (χ2n) is 5.68. The first-order chi connectivity index (χ1) is 12.6. The van der Waals surface area contributed by atoms with Gasteiger partial charge in [0, 0.05) is 5.56 Å². The molecule has 0 aromatic heterocycles. The molecule has 1 unspecified atom stereocenters. The Bertz CT molecular complexity index is 852. The molecule has 1 atom stereocenters. The monoisotopic (exact) mass is 371 g/mol. The molecule has 2 aromatic carbocycles. The Balaban J connectivity index is 1.79. The van der Waals surface area contributed by atoms with Crippen LogP contribution in [0.1, 0.15) is 18.1 Å². The van der Waals surface area contributed by atoms with Crippen LogP contribution in [0.3, 0.4) is 0 Å². The number of hydrogen-bond acceptors (Lipinski definition) is 5. The van der Waals surface area contributed by atoms with Crippen LogP contribution in [-0.4, -0.2) is 34.5 Å². The fourth-order valence-corrected chi connectivity index (χ4v) is 3.42. The minimum atomic E-state index is -0.306. The summed E-state index contributed by atoms with van der Waals surface area (Å²) >= 11 is 1.36. The molecule has 7 heteroatoms. The van der Waals surface area contributed by atoms with Crippen LogP contribution < -0.4 is 4.74 Å². The Morgan fingerprint density at radius 1 is 1.23 bits per heavy atom. The summed E-state index contributed by atoms with van der Waals surface area (Å²) in [7, 11) is 1.59. The number of carbonyl (C=O) groups excluding carboxylic acids is 1. The van der Waals surface area contributed by atoms with Crippen molar-refractivity contribution < 1.29 is 13.9 Å². The molecule has 1 saturated heterocycles. The van der Waals surface area contributed by atoms with Gasteiger partial charge in [0.1, 0.15) is 11.6 Å². The zero-order valence-electron chi connectivity index (χ0n) is 14.4. The van der Waals surface area contributed by atoms with Crippen molar-refractivity contribution in [2.45, 2.75) is 18.7 Å². The molecular weight excluding hydrogens is 353 g/mol. The third-order valence-electron chi connectivity index (χ3n) is 3.86. The Hall–Kier alpha value is -2.67. The smallest absolute Gasteiger partial charge is 0.242 e. The summed E-state index contributed by atoms with van der Waals surface area (Å²) < 4.78 is 18.3. The van der Waals surface area contributed by atoms with E-state index in [1.807, 2.05) is 31.2 Å². The zero-order chi connectivity index (χ0) is 18.5. The van der Waals surface area contributed by atoms with Gasteiger partial charge in [-0.3, -0.25) is 9.69 Å². The van der Waals surface area contributed by atoms with Crippen molar-refractivity contribution in [3.8, 4) is 5.75 Å². The average Bonchev–Trinajstić information content (AvgIpc) is 2.91. The topological polar surface area (TPSA) is 54.3 Å². The van der Waals surface area contributed by atoms with Crippen molar-refractivity contribution in [2.75, 3.05) is 7.11 Å². The molecule has 1 heterocycles. The van der Waals surface area contributed by atoms with Gasteiger partial charge in [-0.2, -0.15) is 5.10 Å². The summed E-state index contributed by atoms with van der Waals surface area (Å²) in [6.45, 7) is 2.16. The Kier molecular flexibility index (Phi) is 5.68.